The molecule has 0 saturated carbocycles. The molecule has 1 aromatic heterocycles. The van der Waals surface area contributed by atoms with E-state index in [9.17, 15) is 8.42 Å². The number of unbranched alkanes of at least 4 members (excludes halogenated alkanes) is 3. The van der Waals surface area contributed by atoms with Gasteiger partial charge in [-0.2, -0.15) is 5.10 Å². The van der Waals surface area contributed by atoms with Gasteiger partial charge in [0.05, 0.1) is 6.20 Å². The molecule has 0 fully saturated rings. The molecule has 1 unspecified atom stereocenters. The smallest absolute Gasteiger partial charge is 0.243 e. The van der Waals surface area contributed by atoms with Gasteiger partial charge in [0.2, 0.25) is 10.0 Å². The molecule has 0 spiro atoms. The number of rotatable bonds is 11. The van der Waals surface area contributed by atoms with Gasteiger partial charge in [0.25, 0.3) is 0 Å². The lowest BCUT2D eigenvalue weighted by Gasteiger charge is -2.13. The average Bonchev–Trinajstić information content (AvgIpc) is 2.90. The van der Waals surface area contributed by atoms with Gasteiger partial charge in [0.15, 0.2) is 0 Å². The Hall–Kier alpha value is -0.920. The quantitative estimate of drug-likeness (QED) is 0.611. The maximum absolute atomic E-state index is 12.2. The minimum atomic E-state index is -3.50. The van der Waals surface area contributed by atoms with Crippen molar-refractivity contribution in [1.29, 1.82) is 0 Å². The van der Waals surface area contributed by atoms with E-state index in [2.05, 4.69) is 16.7 Å². The minimum absolute atomic E-state index is 0.0645. The summed E-state index contributed by atoms with van der Waals surface area (Å²) in [6.45, 7) is 4.62. The number of nitrogens with one attached hydrogen (secondary N) is 1. The zero-order chi connectivity index (χ0) is 15.7. The molecule has 6 nitrogen and oxygen atoms in total. The standard InChI is InChI=1S/C14H27N3O3S/c1-3-4-5-6-8-13(2)16-21(19,20)14-11-15-17(12-14)9-7-10-18/h11-13,16,18H,3-10H2,1-2H3. The Morgan fingerprint density at radius 1 is 1.33 bits per heavy atom. The summed E-state index contributed by atoms with van der Waals surface area (Å²) >= 11 is 0. The Kier molecular flexibility index (Phi) is 7.92. The Bertz CT molecular complexity index is 499. The van der Waals surface area contributed by atoms with Crippen LogP contribution in [0, 0.1) is 0 Å². The second-order valence-electron chi connectivity index (χ2n) is 5.39. The predicted molar refractivity (Wildman–Crippen MR) is 82.5 cm³/mol. The van der Waals surface area contributed by atoms with Crippen molar-refractivity contribution < 1.29 is 13.5 Å². The summed E-state index contributed by atoms with van der Waals surface area (Å²) in [6.07, 6.45) is 8.80. The normalized spacial score (nSPS) is 13.5. The van der Waals surface area contributed by atoms with E-state index in [1.807, 2.05) is 6.92 Å². The summed E-state index contributed by atoms with van der Waals surface area (Å²) < 4.78 is 28.6. The predicted octanol–water partition coefficient (Wildman–Crippen LogP) is 1.90. The van der Waals surface area contributed by atoms with Crippen molar-refractivity contribution in [3.63, 3.8) is 0 Å². The van der Waals surface area contributed by atoms with E-state index in [1.54, 1.807) is 0 Å². The molecule has 0 aromatic carbocycles. The first-order chi connectivity index (χ1) is 9.99. The summed E-state index contributed by atoms with van der Waals surface area (Å²) in [5, 5.41) is 12.8. The molecule has 1 heterocycles. The molecule has 0 aliphatic heterocycles. The largest absolute Gasteiger partial charge is 0.396 e. The molecule has 0 bridgehead atoms. The van der Waals surface area contributed by atoms with Crippen LogP contribution in [0.5, 0.6) is 0 Å². The molecule has 1 rings (SSSR count). The van der Waals surface area contributed by atoms with Gasteiger partial charge in [-0.05, 0) is 19.8 Å². The van der Waals surface area contributed by atoms with Crippen LogP contribution in [-0.4, -0.2) is 36.0 Å². The van der Waals surface area contributed by atoms with Gasteiger partial charge in [-0.25, -0.2) is 13.1 Å². The highest BCUT2D eigenvalue weighted by atomic mass is 32.2. The van der Waals surface area contributed by atoms with Crippen LogP contribution < -0.4 is 4.72 Å². The van der Waals surface area contributed by atoms with Crippen molar-refractivity contribution in [3.05, 3.63) is 12.4 Å². The van der Waals surface area contributed by atoms with E-state index >= 15 is 0 Å². The lowest BCUT2D eigenvalue weighted by Crippen LogP contribution is -2.32. The third kappa shape index (κ3) is 6.58. The Balaban J connectivity index is 2.50. The number of aryl methyl sites for hydroxylation is 1. The first-order valence-corrected chi connectivity index (χ1v) is 9.13. The van der Waals surface area contributed by atoms with Crippen molar-refractivity contribution in [1.82, 2.24) is 14.5 Å². The van der Waals surface area contributed by atoms with Crippen LogP contribution in [0.25, 0.3) is 0 Å². The van der Waals surface area contributed by atoms with Crippen LogP contribution in [0.1, 0.15) is 52.4 Å². The van der Waals surface area contributed by atoms with E-state index < -0.39 is 10.0 Å². The van der Waals surface area contributed by atoms with E-state index in [4.69, 9.17) is 5.11 Å². The first kappa shape index (κ1) is 18.1. The number of sulfonamides is 1. The number of nitrogens with zero attached hydrogens (tertiary/aromatic N) is 2. The zero-order valence-corrected chi connectivity index (χ0v) is 13.8. The average molecular weight is 317 g/mol. The third-order valence-corrected chi connectivity index (χ3v) is 4.86. The molecular weight excluding hydrogens is 290 g/mol. The highest BCUT2D eigenvalue weighted by Crippen LogP contribution is 2.11. The van der Waals surface area contributed by atoms with Crippen LogP contribution in [0.15, 0.2) is 17.3 Å². The second kappa shape index (κ2) is 9.17. The van der Waals surface area contributed by atoms with Crippen LogP contribution in [0.4, 0.5) is 0 Å². The van der Waals surface area contributed by atoms with E-state index in [1.165, 1.54) is 29.9 Å². The lowest BCUT2D eigenvalue weighted by atomic mass is 10.1. The Labute approximate surface area is 127 Å². The molecule has 0 amide bonds. The number of hydrogen-bond acceptors (Lipinski definition) is 4. The van der Waals surface area contributed by atoms with Gasteiger partial charge in [-0.1, -0.05) is 32.6 Å². The van der Waals surface area contributed by atoms with E-state index in [-0.39, 0.29) is 17.5 Å². The molecule has 0 saturated heterocycles. The van der Waals surface area contributed by atoms with E-state index in [0.717, 1.165) is 19.3 Å². The maximum Gasteiger partial charge on any atom is 0.243 e. The fourth-order valence-electron chi connectivity index (χ4n) is 2.11. The molecule has 122 valence electrons. The summed E-state index contributed by atoms with van der Waals surface area (Å²) in [5.74, 6) is 0. The fraction of sp³-hybridized carbons (Fsp3) is 0.786. The second-order valence-corrected chi connectivity index (χ2v) is 7.10. The zero-order valence-electron chi connectivity index (χ0n) is 13.0. The molecule has 7 heteroatoms. The molecule has 0 aliphatic carbocycles. The first-order valence-electron chi connectivity index (χ1n) is 7.65. The molecular formula is C14H27N3O3S. The van der Waals surface area contributed by atoms with Crippen molar-refractivity contribution >= 4 is 10.0 Å². The SMILES string of the molecule is CCCCCCC(C)NS(=O)(=O)c1cnn(CCCO)c1. The number of hydrogen-bond donors (Lipinski definition) is 2. The molecule has 1 atom stereocenters. The third-order valence-electron chi connectivity index (χ3n) is 3.31. The summed E-state index contributed by atoms with van der Waals surface area (Å²) in [5.41, 5.74) is 0. The monoisotopic (exact) mass is 317 g/mol. The number of aromatic nitrogens is 2. The highest BCUT2D eigenvalue weighted by Gasteiger charge is 2.19. The van der Waals surface area contributed by atoms with Gasteiger partial charge in [-0.3, -0.25) is 4.68 Å². The summed E-state index contributed by atoms with van der Waals surface area (Å²) in [7, 11) is -3.50. The topological polar surface area (TPSA) is 84.2 Å². The van der Waals surface area contributed by atoms with Gasteiger partial charge >= 0.3 is 0 Å². The van der Waals surface area contributed by atoms with Crippen molar-refractivity contribution in [2.75, 3.05) is 6.61 Å². The molecule has 1 aromatic rings. The van der Waals surface area contributed by atoms with Crippen LogP contribution in [0.3, 0.4) is 0 Å². The van der Waals surface area contributed by atoms with Gasteiger partial charge in [0, 0.05) is 25.4 Å². The number of aliphatic hydroxyl groups is 1. The minimum Gasteiger partial charge on any atom is -0.396 e. The molecule has 21 heavy (non-hydrogen) atoms. The summed E-state index contributed by atoms with van der Waals surface area (Å²) in [4.78, 5) is 0.181. The summed E-state index contributed by atoms with van der Waals surface area (Å²) in [6, 6.07) is -0.0763. The van der Waals surface area contributed by atoms with Gasteiger partial charge < -0.3 is 5.11 Å². The van der Waals surface area contributed by atoms with Crippen molar-refractivity contribution in [2.24, 2.45) is 0 Å². The molecule has 0 radical (unpaired) electrons. The molecule has 0 aliphatic rings. The number of aliphatic hydroxyl groups excluding tert-OH is 1. The van der Waals surface area contributed by atoms with Gasteiger partial charge in [-0.15, -0.1) is 0 Å². The van der Waals surface area contributed by atoms with Crippen molar-refractivity contribution in [3.8, 4) is 0 Å². The molecule has 2 N–H and O–H groups in total. The maximum atomic E-state index is 12.2. The van der Waals surface area contributed by atoms with Crippen LogP contribution in [-0.2, 0) is 16.6 Å². The van der Waals surface area contributed by atoms with Crippen LogP contribution in [0.2, 0.25) is 0 Å². The van der Waals surface area contributed by atoms with Crippen LogP contribution >= 0.6 is 0 Å². The van der Waals surface area contributed by atoms with Gasteiger partial charge in [0.1, 0.15) is 4.90 Å². The van der Waals surface area contributed by atoms with E-state index in [0.29, 0.717) is 13.0 Å². The highest BCUT2D eigenvalue weighted by molar-refractivity contribution is 7.89. The van der Waals surface area contributed by atoms with Crippen molar-refractivity contribution in [2.45, 2.75) is 69.9 Å². The Morgan fingerprint density at radius 2 is 2.10 bits per heavy atom. The Morgan fingerprint density at radius 3 is 2.76 bits per heavy atom. The lowest BCUT2D eigenvalue weighted by molar-refractivity contribution is 0.277. The fourth-order valence-corrected chi connectivity index (χ4v) is 3.34.